The number of rotatable bonds is 4. The number of hydrogen-bond acceptors (Lipinski definition) is 2. The van der Waals surface area contributed by atoms with E-state index in [1.165, 1.54) is 0 Å². The summed E-state index contributed by atoms with van der Waals surface area (Å²) >= 11 is 0. The van der Waals surface area contributed by atoms with Crippen molar-refractivity contribution >= 4 is 11.6 Å². The zero-order valence-corrected chi connectivity index (χ0v) is 14.3. The van der Waals surface area contributed by atoms with E-state index in [-0.39, 0.29) is 35.2 Å². The molecule has 0 bridgehead atoms. The van der Waals surface area contributed by atoms with Crippen LogP contribution in [0.1, 0.15) is 49.7 Å². The molecule has 0 saturated heterocycles. The Bertz CT molecular complexity index is 705. The Morgan fingerprint density at radius 3 is 2.04 bits per heavy atom. The molecule has 2 nitrogen and oxygen atoms in total. The van der Waals surface area contributed by atoms with Gasteiger partial charge in [0, 0.05) is 36.5 Å². The lowest BCUT2D eigenvalue weighted by atomic mass is 9.61. The van der Waals surface area contributed by atoms with E-state index in [1.54, 1.807) is 0 Å². The van der Waals surface area contributed by atoms with Crippen molar-refractivity contribution in [3.63, 3.8) is 0 Å². The SMILES string of the molecule is CCC(=O)[C@@H]1[C@@H](c2ccccc2)[C@@H](C)C(=O)C[C@@H]1c1ccccc1. The molecule has 3 rings (SSSR count). The van der Waals surface area contributed by atoms with E-state index in [9.17, 15) is 9.59 Å². The van der Waals surface area contributed by atoms with Crippen LogP contribution in [0.2, 0.25) is 0 Å². The summed E-state index contributed by atoms with van der Waals surface area (Å²) in [6.07, 6.45) is 0.975. The Kier molecular flexibility index (Phi) is 4.94. The van der Waals surface area contributed by atoms with Crippen LogP contribution < -0.4 is 0 Å². The van der Waals surface area contributed by atoms with E-state index in [4.69, 9.17) is 0 Å². The summed E-state index contributed by atoms with van der Waals surface area (Å²) < 4.78 is 0. The van der Waals surface area contributed by atoms with E-state index in [0.29, 0.717) is 12.8 Å². The topological polar surface area (TPSA) is 34.1 Å². The van der Waals surface area contributed by atoms with Gasteiger partial charge in [0.15, 0.2) is 0 Å². The molecule has 1 aliphatic rings. The highest BCUT2D eigenvalue weighted by Crippen LogP contribution is 2.48. The number of carbonyl (C=O) groups is 2. The molecule has 1 fully saturated rings. The van der Waals surface area contributed by atoms with Crippen molar-refractivity contribution in [2.45, 2.75) is 38.5 Å². The number of hydrogen-bond donors (Lipinski definition) is 0. The van der Waals surface area contributed by atoms with Gasteiger partial charge in [-0.1, -0.05) is 74.5 Å². The van der Waals surface area contributed by atoms with Crippen molar-refractivity contribution in [3.05, 3.63) is 71.8 Å². The van der Waals surface area contributed by atoms with Gasteiger partial charge in [-0.15, -0.1) is 0 Å². The highest BCUT2D eigenvalue weighted by Gasteiger charge is 2.45. The quantitative estimate of drug-likeness (QED) is 0.814. The van der Waals surface area contributed by atoms with Crippen molar-refractivity contribution in [2.24, 2.45) is 11.8 Å². The van der Waals surface area contributed by atoms with Crippen LogP contribution in [0.15, 0.2) is 60.7 Å². The first-order valence-corrected chi connectivity index (χ1v) is 8.78. The minimum absolute atomic E-state index is 0.0208. The minimum Gasteiger partial charge on any atom is -0.299 e. The van der Waals surface area contributed by atoms with Crippen LogP contribution in [0.25, 0.3) is 0 Å². The summed E-state index contributed by atoms with van der Waals surface area (Å²) in [5.74, 6) is 0.216. The van der Waals surface area contributed by atoms with Crippen LogP contribution in [0.5, 0.6) is 0 Å². The summed E-state index contributed by atoms with van der Waals surface area (Å²) in [5.41, 5.74) is 2.20. The first kappa shape index (κ1) is 16.6. The Labute approximate surface area is 143 Å². The molecule has 1 saturated carbocycles. The van der Waals surface area contributed by atoms with Gasteiger partial charge in [-0.3, -0.25) is 9.59 Å². The second-order valence-electron chi connectivity index (χ2n) is 6.76. The molecule has 0 heterocycles. The normalized spacial score (nSPS) is 27.0. The fourth-order valence-electron chi connectivity index (χ4n) is 4.15. The first-order chi connectivity index (χ1) is 11.6. The lowest BCUT2D eigenvalue weighted by Crippen LogP contribution is -2.40. The maximum absolute atomic E-state index is 12.9. The molecule has 24 heavy (non-hydrogen) atoms. The van der Waals surface area contributed by atoms with Gasteiger partial charge in [0.2, 0.25) is 0 Å². The molecule has 0 spiro atoms. The smallest absolute Gasteiger partial charge is 0.136 e. The second kappa shape index (κ2) is 7.12. The van der Waals surface area contributed by atoms with Crippen LogP contribution in [0.3, 0.4) is 0 Å². The van der Waals surface area contributed by atoms with Gasteiger partial charge < -0.3 is 0 Å². The average Bonchev–Trinajstić information content (AvgIpc) is 2.64. The number of Topliss-reactive ketones (excluding diaryl/α,β-unsaturated/α-hetero) is 2. The van der Waals surface area contributed by atoms with Gasteiger partial charge >= 0.3 is 0 Å². The van der Waals surface area contributed by atoms with Crippen molar-refractivity contribution in [3.8, 4) is 0 Å². The third kappa shape index (κ3) is 3.06. The molecule has 124 valence electrons. The van der Waals surface area contributed by atoms with Crippen molar-refractivity contribution < 1.29 is 9.59 Å². The maximum Gasteiger partial charge on any atom is 0.136 e. The van der Waals surface area contributed by atoms with Crippen LogP contribution in [-0.2, 0) is 9.59 Å². The Morgan fingerprint density at radius 2 is 1.50 bits per heavy atom. The van der Waals surface area contributed by atoms with Crippen LogP contribution >= 0.6 is 0 Å². The Hall–Kier alpha value is -2.22. The Balaban J connectivity index is 2.09. The molecule has 0 aliphatic heterocycles. The Morgan fingerprint density at radius 1 is 0.958 bits per heavy atom. The second-order valence-corrected chi connectivity index (χ2v) is 6.76. The number of carbonyl (C=O) groups excluding carboxylic acids is 2. The maximum atomic E-state index is 12.9. The molecule has 0 N–H and O–H groups in total. The molecule has 2 aromatic rings. The van der Waals surface area contributed by atoms with Crippen LogP contribution in [0.4, 0.5) is 0 Å². The predicted molar refractivity (Wildman–Crippen MR) is 95.9 cm³/mol. The average molecular weight is 320 g/mol. The van der Waals surface area contributed by atoms with Gasteiger partial charge in [0.1, 0.15) is 11.6 Å². The summed E-state index contributed by atoms with van der Waals surface area (Å²) in [5, 5.41) is 0. The van der Waals surface area contributed by atoms with Crippen molar-refractivity contribution in [2.75, 3.05) is 0 Å². The standard InChI is InChI=1S/C22H24O2/c1-3-19(23)22-18(16-10-6-4-7-11-16)14-20(24)15(2)21(22)17-12-8-5-9-13-17/h4-13,15,18,21-22H,3,14H2,1-2H3/t15-,18+,21+,22+/m0/s1. The molecular weight excluding hydrogens is 296 g/mol. The van der Waals surface area contributed by atoms with E-state index in [2.05, 4.69) is 12.1 Å². The summed E-state index contributed by atoms with van der Waals surface area (Å²) in [6, 6.07) is 20.1. The van der Waals surface area contributed by atoms with E-state index >= 15 is 0 Å². The third-order valence-corrected chi connectivity index (χ3v) is 5.42. The monoisotopic (exact) mass is 320 g/mol. The molecule has 0 aromatic heterocycles. The molecule has 0 amide bonds. The summed E-state index contributed by atoms with van der Waals surface area (Å²) in [4.78, 5) is 25.6. The van der Waals surface area contributed by atoms with Crippen molar-refractivity contribution in [1.82, 2.24) is 0 Å². The molecule has 0 radical (unpaired) electrons. The summed E-state index contributed by atoms with van der Waals surface area (Å²) in [6.45, 7) is 3.91. The van der Waals surface area contributed by atoms with Crippen molar-refractivity contribution in [1.29, 1.82) is 0 Å². The fraction of sp³-hybridized carbons (Fsp3) is 0.364. The van der Waals surface area contributed by atoms with E-state index in [1.807, 2.05) is 62.4 Å². The predicted octanol–water partition coefficient (Wildman–Crippen LogP) is 4.76. The number of benzene rings is 2. The van der Waals surface area contributed by atoms with Gasteiger partial charge in [-0.2, -0.15) is 0 Å². The molecule has 0 unspecified atom stereocenters. The summed E-state index contributed by atoms with van der Waals surface area (Å²) in [7, 11) is 0. The lowest BCUT2D eigenvalue weighted by Gasteiger charge is -2.41. The third-order valence-electron chi connectivity index (χ3n) is 5.42. The zero-order chi connectivity index (χ0) is 17.1. The number of ketones is 2. The minimum atomic E-state index is -0.132. The zero-order valence-electron chi connectivity index (χ0n) is 14.3. The van der Waals surface area contributed by atoms with Gasteiger partial charge in [-0.25, -0.2) is 0 Å². The fourth-order valence-corrected chi connectivity index (χ4v) is 4.15. The van der Waals surface area contributed by atoms with Gasteiger partial charge in [-0.05, 0) is 11.1 Å². The molecule has 1 aliphatic carbocycles. The molecule has 4 atom stereocenters. The molecule has 2 heteroatoms. The van der Waals surface area contributed by atoms with Gasteiger partial charge in [0.05, 0.1) is 0 Å². The highest BCUT2D eigenvalue weighted by molar-refractivity contribution is 5.90. The van der Waals surface area contributed by atoms with E-state index < -0.39 is 0 Å². The lowest BCUT2D eigenvalue weighted by molar-refractivity contribution is -0.132. The van der Waals surface area contributed by atoms with Crippen LogP contribution in [0, 0.1) is 11.8 Å². The van der Waals surface area contributed by atoms with Gasteiger partial charge in [0.25, 0.3) is 0 Å². The highest BCUT2D eigenvalue weighted by atomic mass is 16.1. The van der Waals surface area contributed by atoms with E-state index in [0.717, 1.165) is 11.1 Å². The van der Waals surface area contributed by atoms with Crippen LogP contribution in [-0.4, -0.2) is 11.6 Å². The molecule has 2 aromatic carbocycles. The largest absolute Gasteiger partial charge is 0.299 e. The first-order valence-electron chi connectivity index (χ1n) is 8.78. The molecular formula is C22H24O2.